The maximum absolute atomic E-state index is 13.5. The number of benzene rings is 1. The number of aromatic nitrogens is 2. The summed E-state index contributed by atoms with van der Waals surface area (Å²) in [6.45, 7) is 0. The second-order valence-electron chi connectivity index (χ2n) is 3.75. The third kappa shape index (κ3) is 2.92. The van der Waals surface area contributed by atoms with Crippen molar-refractivity contribution in [3.8, 4) is 0 Å². The standard InChI is InChI=1S/C12H13BrFN3/c1-15-11(7-12-16-4-5-17-12)8-2-3-9(13)10(14)6-8/h2-6,11,15H,7H2,1H3,(H,16,17). The van der Waals surface area contributed by atoms with Gasteiger partial charge in [0.25, 0.3) is 0 Å². The third-order valence-electron chi connectivity index (χ3n) is 2.65. The molecular formula is C12H13BrFN3. The number of aromatic amines is 1. The van der Waals surface area contributed by atoms with Gasteiger partial charge in [0.1, 0.15) is 11.6 Å². The zero-order valence-electron chi connectivity index (χ0n) is 9.37. The number of rotatable bonds is 4. The molecule has 90 valence electrons. The van der Waals surface area contributed by atoms with E-state index in [1.807, 2.05) is 13.1 Å². The normalized spacial score (nSPS) is 12.6. The average molecular weight is 298 g/mol. The summed E-state index contributed by atoms with van der Waals surface area (Å²) in [6, 6.07) is 5.20. The fourth-order valence-corrected chi connectivity index (χ4v) is 1.97. The van der Waals surface area contributed by atoms with Crippen LogP contribution in [0.5, 0.6) is 0 Å². The zero-order chi connectivity index (χ0) is 12.3. The van der Waals surface area contributed by atoms with Crippen molar-refractivity contribution in [1.29, 1.82) is 0 Å². The van der Waals surface area contributed by atoms with Gasteiger partial charge in [-0.1, -0.05) is 6.07 Å². The van der Waals surface area contributed by atoms with Crippen molar-refractivity contribution in [3.63, 3.8) is 0 Å². The summed E-state index contributed by atoms with van der Waals surface area (Å²) in [5, 5.41) is 3.16. The van der Waals surface area contributed by atoms with Crippen LogP contribution < -0.4 is 5.32 Å². The smallest absolute Gasteiger partial charge is 0.137 e. The van der Waals surface area contributed by atoms with Gasteiger partial charge in [-0.3, -0.25) is 0 Å². The van der Waals surface area contributed by atoms with E-state index in [0.29, 0.717) is 10.9 Å². The lowest BCUT2D eigenvalue weighted by Gasteiger charge is -2.15. The van der Waals surface area contributed by atoms with Gasteiger partial charge < -0.3 is 10.3 Å². The van der Waals surface area contributed by atoms with Gasteiger partial charge in [0, 0.05) is 24.9 Å². The highest BCUT2D eigenvalue weighted by molar-refractivity contribution is 9.10. The second-order valence-corrected chi connectivity index (χ2v) is 4.61. The largest absolute Gasteiger partial charge is 0.349 e. The molecule has 1 unspecified atom stereocenters. The molecule has 1 aromatic heterocycles. The highest BCUT2D eigenvalue weighted by Gasteiger charge is 2.13. The molecule has 0 saturated carbocycles. The second kappa shape index (κ2) is 5.42. The Bertz CT molecular complexity index is 485. The number of hydrogen-bond donors (Lipinski definition) is 2. The van der Waals surface area contributed by atoms with Gasteiger partial charge in [-0.05, 0) is 40.7 Å². The Morgan fingerprint density at radius 3 is 2.94 bits per heavy atom. The lowest BCUT2D eigenvalue weighted by molar-refractivity contribution is 0.565. The quantitative estimate of drug-likeness (QED) is 0.911. The molecule has 0 radical (unpaired) electrons. The summed E-state index contributed by atoms with van der Waals surface area (Å²) in [4.78, 5) is 7.21. The van der Waals surface area contributed by atoms with E-state index in [9.17, 15) is 4.39 Å². The van der Waals surface area contributed by atoms with Crippen LogP contribution in [0.15, 0.2) is 35.1 Å². The third-order valence-corrected chi connectivity index (χ3v) is 3.29. The van der Waals surface area contributed by atoms with E-state index in [1.165, 1.54) is 6.07 Å². The first-order valence-electron chi connectivity index (χ1n) is 5.31. The monoisotopic (exact) mass is 297 g/mol. The molecule has 0 aliphatic carbocycles. The number of nitrogens with zero attached hydrogens (tertiary/aromatic N) is 1. The van der Waals surface area contributed by atoms with Crippen molar-refractivity contribution >= 4 is 15.9 Å². The van der Waals surface area contributed by atoms with Crippen LogP contribution in [-0.4, -0.2) is 17.0 Å². The van der Waals surface area contributed by atoms with Gasteiger partial charge in [-0.2, -0.15) is 0 Å². The predicted octanol–water partition coefficient (Wildman–Crippen LogP) is 2.81. The number of halogens is 2. The molecular weight excluding hydrogens is 285 g/mol. The molecule has 0 amide bonds. The molecule has 2 N–H and O–H groups in total. The van der Waals surface area contributed by atoms with E-state index in [1.54, 1.807) is 18.5 Å². The van der Waals surface area contributed by atoms with Crippen LogP contribution in [0.2, 0.25) is 0 Å². The zero-order valence-corrected chi connectivity index (χ0v) is 11.0. The number of likely N-dealkylation sites (N-methyl/N-ethyl adjacent to an activating group) is 1. The summed E-state index contributed by atoms with van der Waals surface area (Å²) in [7, 11) is 1.85. The van der Waals surface area contributed by atoms with E-state index < -0.39 is 0 Å². The molecule has 0 spiro atoms. The molecule has 0 aliphatic heterocycles. The van der Waals surface area contributed by atoms with Crippen molar-refractivity contribution in [1.82, 2.24) is 15.3 Å². The Labute approximate surface area is 108 Å². The van der Waals surface area contributed by atoms with Crippen LogP contribution in [0, 0.1) is 5.82 Å². The summed E-state index contributed by atoms with van der Waals surface area (Å²) in [5.41, 5.74) is 0.907. The Kier molecular flexibility index (Phi) is 3.91. The van der Waals surface area contributed by atoms with Crippen LogP contribution in [-0.2, 0) is 6.42 Å². The first kappa shape index (κ1) is 12.3. The van der Waals surface area contributed by atoms with E-state index in [0.717, 1.165) is 11.4 Å². The topological polar surface area (TPSA) is 40.7 Å². The van der Waals surface area contributed by atoms with Crippen molar-refractivity contribution in [2.75, 3.05) is 7.05 Å². The van der Waals surface area contributed by atoms with Crippen LogP contribution in [0.1, 0.15) is 17.4 Å². The Morgan fingerprint density at radius 1 is 1.53 bits per heavy atom. The number of imidazole rings is 1. The highest BCUT2D eigenvalue weighted by Crippen LogP contribution is 2.22. The molecule has 0 fully saturated rings. The van der Waals surface area contributed by atoms with Gasteiger partial charge in [0.2, 0.25) is 0 Å². The molecule has 0 bridgehead atoms. The fraction of sp³-hybridized carbons (Fsp3) is 0.250. The fourth-order valence-electron chi connectivity index (χ4n) is 1.72. The predicted molar refractivity (Wildman–Crippen MR) is 68.2 cm³/mol. The molecule has 1 heterocycles. The van der Waals surface area contributed by atoms with Crippen LogP contribution >= 0.6 is 15.9 Å². The minimum atomic E-state index is -0.248. The van der Waals surface area contributed by atoms with E-state index in [4.69, 9.17) is 0 Å². The molecule has 0 saturated heterocycles. The molecule has 1 atom stereocenters. The van der Waals surface area contributed by atoms with Crippen molar-refractivity contribution in [3.05, 3.63) is 52.3 Å². The Hall–Kier alpha value is -1.20. The van der Waals surface area contributed by atoms with Crippen molar-refractivity contribution < 1.29 is 4.39 Å². The van der Waals surface area contributed by atoms with Crippen LogP contribution in [0.25, 0.3) is 0 Å². The summed E-state index contributed by atoms with van der Waals surface area (Å²) in [5.74, 6) is 0.634. The molecule has 2 aromatic rings. The van der Waals surface area contributed by atoms with Crippen LogP contribution in [0.3, 0.4) is 0 Å². The van der Waals surface area contributed by atoms with Crippen LogP contribution in [0.4, 0.5) is 4.39 Å². The number of nitrogens with one attached hydrogen (secondary N) is 2. The lowest BCUT2D eigenvalue weighted by Crippen LogP contribution is -2.19. The first-order chi connectivity index (χ1) is 8.20. The summed E-state index contributed by atoms with van der Waals surface area (Å²) >= 11 is 3.15. The van der Waals surface area contributed by atoms with E-state index >= 15 is 0 Å². The SMILES string of the molecule is CNC(Cc1ncc[nH]1)c1ccc(Br)c(F)c1. The summed E-state index contributed by atoms with van der Waals surface area (Å²) < 4.78 is 13.9. The van der Waals surface area contributed by atoms with Gasteiger partial charge in [0.15, 0.2) is 0 Å². The first-order valence-corrected chi connectivity index (χ1v) is 6.10. The minimum absolute atomic E-state index is 0.0451. The summed E-state index contributed by atoms with van der Waals surface area (Å²) in [6.07, 6.45) is 4.19. The molecule has 2 rings (SSSR count). The van der Waals surface area contributed by atoms with Crippen molar-refractivity contribution in [2.45, 2.75) is 12.5 Å². The maximum Gasteiger partial charge on any atom is 0.137 e. The molecule has 5 heteroatoms. The van der Waals surface area contributed by atoms with Gasteiger partial charge >= 0.3 is 0 Å². The number of H-pyrrole nitrogens is 1. The Morgan fingerprint density at radius 2 is 2.35 bits per heavy atom. The van der Waals surface area contributed by atoms with Gasteiger partial charge in [-0.15, -0.1) is 0 Å². The van der Waals surface area contributed by atoms with E-state index in [-0.39, 0.29) is 11.9 Å². The Balaban J connectivity index is 2.20. The van der Waals surface area contributed by atoms with Gasteiger partial charge in [0.05, 0.1) is 4.47 Å². The number of hydrogen-bond acceptors (Lipinski definition) is 2. The molecule has 0 aliphatic rings. The van der Waals surface area contributed by atoms with Gasteiger partial charge in [-0.25, -0.2) is 9.37 Å². The molecule has 1 aromatic carbocycles. The highest BCUT2D eigenvalue weighted by atomic mass is 79.9. The molecule has 3 nitrogen and oxygen atoms in total. The molecule has 17 heavy (non-hydrogen) atoms. The van der Waals surface area contributed by atoms with Crippen molar-refractivity contribution in [2.24, 2.45) is 0 Å². The maximum atomic E-state index is 13.5. The average Bonchev–Trinajstić information content (AvgIpc) is 2.82. The minimum Gasteiger partial charge on any atom is -0.349 e. The van der Waals surface area contributed by atoms with E-state index in [2.05, 4.69) is 31.2 Å². The lowest BCUT2D eigenvalue weighted by atomic mass is 10.0.